The largest absolute Gasteiger partial charge is 0.465 e. The average Bonchev–Trinajstić information content (AvgIpc) is 3.04. The number of nitrogens with one attached hydrogen (secondary N) is 1. The van der Waals surface area contributed by atoms with E-state index in [0.717, 1.165) is 4.47 Å². The summed E-state index contributed by atoms with van der Waals surface area (Å²) < 4.78 is 10.8. The third-order valence-electron chi connectivity index (χ3n) is 3.61. The maximum atomic E-state index is 12.4. The van der Waals surface area contributed by atoms with Crippen molar-refractivity contribution in [2.75, 3.05) is 12.4 Å². The molecule has 0 bridgehead atoms. The Labute approximate surface area is 172 Å². The molecular formula is C18H11BrCl2N2O4. The molecule has 9 heteroatoms. The third-order valence-corrected chi connectivity index (χ3v) is 4.77. The fraction of sp³-hybridized carbons (Fsp3) is 0.0556. The lowest BCUT2D eigenvalue weighted by Crippen LogP contribution is -2.14. The molecule has 0 aliphatic rings. The van der Waals surface area contributed by atoms with Gasteiger partial charge in [-0.1, -0.05) is 50.4 Å². The van der Waals surface area contributed by atoms with Crippen LogP contribution in [-0.4, -0.2) is 24.1 Å². The number of rotatable bonds is 4. The molecule has 1 amide bonds. The summed E-state index contributed by atoms with van der Waals surface area (Å²) in [4.78, 5) is 24.8. The van der Waals surface area contributed by atoms with Crippen LogP contribution >= 0.6 is 39.1 Å². The van der Waals surface area contributed by atoms with Gasteiger partial charge < -0.3 is 9.26 Å². The molecule has 0 fully saturated rings. The van der Waals surface area contributed by atoms with Gasteiger partial charge in [0.25, 0.3) is 5.91 Å². The fourth-order valence-electron chi connectivity index (χ4n) is 2.34. The second-order valence-corrected chi connectivity index (χ2v) is 7.01. The van der Waals surface area contributed by atoms with Crippen LogP contribution in [0.15, 0.2) is 51.5 Å². The van der Waals surface area contributed by atoms with Crippen molar-refractivity contribution in [1.29, 1.82) is 0 Å². The van der Waals surface area contributed by atoms with Crippen molar-refractivity contribution in [3.05, 3.63) is 68.1 Å². The van der Waals surface area contributed by atoms with Crippen molar-refractivity contribution in [2.24, 2.45) is 0 Å². The van der Waals surface area contributed by atoms with Gasteiger partial charge in [0.2, 0.25) is 5.88 Å². The number of methoxy groups -OCH3 is 1. The highest BCUT2D eigenvalue weighted by Gasteiger charge is 2.28. The van der Waals surface area contributed by atoms with Crippen molar-refractivity contribution in [1.82, 2.24) is 5.16 Å². The van der Waals surface area contributed by atoms with Gasteiger partial charge >= 0.3 is 5.97 Å². The van der Waals surface area contributed by atoms with E-state index >= 15 is 0 Å². The monoisotopic (exact) mass is 468 g/mol. The van der Waals surface area contributed by atoms with E-state index < -0.39 is 11.9 Å². The Morgan fingerprint density at radius 3 is 2.33 bits per heavy atom. The Bertz CT molecular complexity index is 998. The molecule has 3 aromatic rings. The van der Waals surface area contributed by atoms with Crippen LogP contribution < -0.4 is 5.32 Å². The van der Waals surface area contributed by atoms with E-state index in [2.05, 4.69) is 26.4 Å². The Morgan fingerprint density at radius 1 is 1.11 bits per heavy atom. The first-order valence-electron chi connectivity index (χ1n) is 7.51. The number of anilines is 1. The van der Waals surface area contributed by atoms with Gasteiger partial charge in [-0.2, -0.15) is 0 Å². The maximum absolute atomic E-state index is 12.4. The van der Waals surface area contributed by atoms with E-state index in [1.54, 1.807) is 42.5 Å². The standard InChI is InChI=1S/C18H11BrCl2N2O4/c1-26-18(25)14-15(13-11(20)3-2-4-12(13)21)23-27-17(14)22-16(24)9-5-7-10(19)8-6-9/h2-8H,1H3,(H,22,24). The number of amides is 1. The molecule has 0 aliphatic carbocycles. The Hall–Kier alpha value is -2.35. The molecule has 0 radical (unpaired) electrons. The number of ether oxygens (including phenoxy) is 1. The molecule has 0 saturated carbocycles. The van der Waals surface area contributed by atoms with Crippen LogP contribution in [0.3, 0.4) is 0 Å². The predicted molar refractivity (Wildman–Crippen MR) is 105 cm³/mol. The molecule has 138 valence electrons. The number of carbonyl (C=O) groups is 2. The van der Waals surface area contributed by atoms with Crippen molar-refractivity contribution in [3.63, 3.8) is 0 Å². The molecular weight excluding hydrogens is 459 g/mol. The quantitative estimate of drug-likeness (QED) is 0.513. The summed E-state index contributed by atoms with van der Waals surface area (Å²) in [6, 6.07) is 11.5. The number of halogens is 3. The Kier molecular flexibility index (Phi) is 5.84. The second kappa shape index (κ2) is 8.12. The van der Waals surface area contributed by atoms with Crippen molar-refractivity contribution < 1.29 is 18.8 Å². The van der Waals surface area contributed by atoms with Gasteiger partial charge in [-0.3, -0.25) is 10.1 Å². The summed E-state index contributed by atoms with van der Waals surface area (Å²) >= 11 is 15.7. The van der Waals surface area contributed by atoms with E-state index in [1.165, 1.54) is 7.11 Å². The minimum atomic E-state index is -0.756. The number of nitrogens with zero attached hydrogens (tertiary/aromatic N) is 1. The summed E-state index contributed by atoms with van der Waals surface area (Å²) in [5.74, 6) is -1.41. The summed E-state index contributed by atoms with van der Waals surface area (Å²) in [6.45, 7) is 0. The van der Waals surface area contributed by atoms with Gasteiger partial charge in [0.05, 0.1) is 17.2 Å². The molecule has 1 heterocycles. The number of esters is 1. The number of hydrogen-bond donors (Lipinski definition) is 1. The number of benzene rings is 2. The Morgan fingerprint density at radius 2 is 1.74 bits per heavy atom. The summed E-state index contributed by atoms with van der Waals surface area (Å²) in [5.41, 5.74) is 0.651. The third kappa shape index (κ3) is 4.00. The van der Waals surface area contributed by atoms with E-state index in [9.17, 15) is 9.59 Å². The highest BCUT2D eigenvalue weighted by atomic mass is 79.9. The molecule has 2 aromatic carbocycles. The zero-order chi connectivity index (χ0) is 19.6. The zero-order valence-corrected chi connectivity index (χ0v) is 16.9. The minimum Gasteiger partial charge on any atom is -0.465 e. The normalized spacial score (nSPS) is 10.5. The minimum absolute atomic E-state index is 0.0727. The summed E-state index contributed by atoms with van der Waals surface area (Å²) in [7, 11) is 1.20. The first-order chi connectivity index (χ1) is 12.9. The molecule has 0 spiro atoms. The van der Waals surface area contributed by atoms with Gasteiger partial charge in [0, 0.05) is 15.6 Å². The lowest BCUT2D eigenvalue weighted by molar-refractivity contribution is 0.0602. The highest BCUT2D eigenvalue weighted by molar-refractivity contribution is 9.10. The SMILES string of the molecule is COC(=O)c1c(-c2c(Cl)cccc2Cl)noc1NC(=O)c1ccc(Br)cc1. The molecule has 0 unspecified atom stereocenters. The molecule has 0 atom stereocenters. The lowest BCUT2D eigenvalue weighted by atomic mass is 10.1. The topological polar surface area (TPSA) is 81.4 Å². The average molecular weight is 470 g/mol. The zero-order valence-electron chi connectivity index (χ0n) is 13.8. The first-order valence-corrected chi connectivity index (χ1v) is 9.06. The molecule has 1 N–H and O–H groups in total. The van der Waals surface area contributed by atoms with E-state index in [0.29, 0.717) is 11.1 Å². The molecule has 3 rings (SSSR count). The second-order valence-electron chi connectivity index (χ2n) is 5.28. The van der Waals surface area contributed by atoms with Crippen molar-refractivity contribution in [2.45, 2.75) is 0 Å². The number of aromatic nitrogens is 1. The van der Waals surface area contributed by atoms with Crippen LogP contribution in [0.5, 0.6) is 0 Å². The van der Waals surface area contributed by atoms with E-state index in [1.807, 2.05) is 0 Å². The predicted octanol–water partition coefficient (Wildman–Crippen LogP) is 5.45. The van der Waals surface area contributed by atoms with Gasteiger partial charge in [-0.15, -0.1) is 0 Å². The first kappa shape index (κ1) is 19.4. The van der Waals surface area contributed by atoms with Crippen LogP contribution in [0.1, 0.15) is 20.7 Å². The highest BCUT2D eigenvalue weighted by Crippen LogP contribution is 2.38. The van der Waals surface area contributed by atoms with Crippen LogP contribution in [0.25, 0.3) is 11.3 Å². The van der Waals surface area contributed by atoms with E-state index in [-0.39, 0.29) is 27.2 Å². The molecule has 0 aliphatic heterocycles. The van der Waals surface area contributed by atoms with Gasteiger partial charge in [-0.25, -0.2) is 4.79 Å². The smallest absolute Gasteiger partial charge is 0.345 e. The molecule has 27 heavy (non-hydrogen) atoms. The fourth-order valence-corrected chi connectivity index (χ4v) is 3.18. The van der Waals surface area contributed by atoms with Crippen LogP contribution in [0.2, 0.25) is 10.0 Å². The van der Waals surface area contributed by atoms with Gasteiger partial charge in [0.1, 0.15) is 5.69 Å². The Balaban J connectivity index is 2.04. The number of hydrogen-bond acceptors (Lipinski definition) is 5. The van der Waals surface area contributed by atoms with Crippen molar-refractivity contribution in [3.8, 4) is 11.3 Å². The van der Waals surface area contributed by atoms with Crippen LogP contribution in [0, 0.1) is 0 Å². The summed E-state index contributed by atoms with van der Waals surface area (Å²) in [5, 5.41) is 6.93. The van der Waals surface area contributed by atoms with Gasteiger partial charge in [-0.05, 0) is 36.4 Å². The molecule has 6 nitrogen and oxygen atoms in total. The summed E-state index contributed by atoms with van der Waals surface area (Å²) in [6.07, 6.45) is 0. The lowest BCUT2D eigenvalue weighted by Gasteiger charge is -2.07. The van der Waals surface area contributed by atoms with Crippen LogP contribution in [0.4, 0.5) is 5.88 Å². The molecule has 1 aromatic heterocycles. The van der Waals surface area contributed by atoms with Crippen LogP contribution in [-0.2, 0) is 4.74 Å². The van der Waals surface area contributed by atoms with Gasteiger partial charge in [0.15, 0.2) is 5.56 Å². The molecule has 0 saturated heterocycles. The maximum Gasteiger partial charge on any atom is 0.345 e. The van der Waals surface area contributed by atoms with Crippen molar-refractivity contribution >= 4 is 56.9 Å². The number of carbonyl (C=O) groups excluding carboxylic acids is 2. The van der Waals surface area contributed by atoms with E-state index in [4.69, 9.17) is 32.5 Å².